The second-order valence-corrected chi connectivity index (χ2v) is 7.35. The molecule has 0 aromatic rings. The monoisotopic (exact) mass is 280 g/mol. The smallest absolute Gasteiger partial charge is 0.190 e. The van der Waals surface area contributed by atoms with E-state index in [4.69, 9.17) is 18.0 Å². The molecular weight excluding hydrogens is 255 g/mol. The fourth-order valence-corrected chi connectivity index (χ4v) is 3.04. The van der Waals surface area contributed by atoms with Crippen LogP contribution < -0.4 is 11.1 Å². The molecule has 0 bridgehead atoms. The van der Waals surface area contributed by atoms with Gasteiger partial charge >= 0.3 is 0 Å². The minimum atomic E-state index is -3.42. The van der Waals surface area contributed by atoms with Gasteiger partial charge in [0, 0.05) is 12.0 Å². The molecule has 5 N–H and O–H groups in total. The predicted octanol–water partition coefficient (Wildman–Crippen LogP) is 2.02. The zero-order valence-corrected chi connectivity index (χ0v) is 12.7. The van der Waals surface area contributed by atoms with Crippen molar-refractivity contribution in [1.29, 1.82) is 0 Å². The maximum absolute atomic E-state index is 9.93. The van der Waals surface area contributed by atoms with Crippen LogP contribution in [0.3, 0.4) is 0 Å². The molecule has 0 aliphatic heterocycles. The summed E-state index contributed by atoms with van der Waals surface area (Å²) in [6.45, 7) is 6.46. The molecule has 0 aliphatic rings. The number of thiocarbonyl (C=S) groups is 1. The van der Waals surface area contributed by atoms with E-state index in [0.717, 1.165) is 12.8 Å². The van der Waals surface area contributed by atoms with Crippen LogP contribution in [0.4, 0.5) is 0 Å². The van der Waals surface area contributed by atoms with Gasteiger partial charge in [-0.05, 0) is 12.3 Å². The number of rotatable bonds is 7. The minimum absolute atomic E-state index is 0.0850. The molecule has 0 aromatic heterocycles. The van der Waals surface area contributed by atoms with E-state index in [1.807, 2.05) is 13.8 Å². The van der Waals surface area contributed by atoms with Gasteiger partial charge in [-0.15, -0.1) is 0 Å². The normalized spacial score (nSPS) is 11.7. The molecule has 0 saturated heterocycles. The van der Waals surface area contributed by atoms with E-state index < -0.39 is 7.34 Å². The zero-order chi connectivity index (χ0) is 13.5. The second kappa shape index (κ2) is 8.22. The van der Waals surface area contributed by atoms with Crippen molar-refractivity contribution in [2.45, 2.75) is 46.5 Å². The van der Waals surface area contributed by atoms with E-state index in [2.05, 4.69) is 12.2 Å². The van der Waals surface area contributed by atoms with Gasteiger partial charge in [0.2, 0.25) is 0 Å². The van der Waals surface area contributed by atoms with Crippen molar-refractivity contribution in [3.8, 4) is 0 Å². The Labute approximate surface area is 110 Å². The van der Waals surface area contributed by atoms with E-state index >= 15 is 0 Å². The lowest BCUT2D eigenvalue weighted by Gasteiger charge is -2.20. The van der Waals surface area contributed by atoms with E-state index in [1.54, 1.807) is 0 Å². The van der Waals surface area contributed by atoms with Crippen molar-refractivity contribution in [1.82, 2.24) is 5.32 Å². The molecule has 0 aliphatic carbocycles. The first kappa shape index (κ1) is 17.1. The van der Waals surface area contributed by atoms with Gasteiger partial charge in [-0.1, -0.05) is 52.3 Å². The predicted molar refractivity (Wildman–Crippen MR) is 80.1 cm³/mol. The van der Waals surface area contributed by atoms with Crippen LogP contribution in [0.1, 0.15) is 46.5 Å². The Kier molecular flexibility index (Phi) is 8.25. The molecule has 0 rings (SSSR count). The lowest BCUT2D eigenvalue weighted by atomic mass is 10.2. The van der Waals surface area contributed by atoms with Crippen LogP contribution in [0.2, 0.25) is 0 Å². The summed E-state index contributed by atoms with van der Waals surface area (Å²) in [5.41, 5.74) is 5.87. The van der Waals surface area contributed by atoms with Crippen LogP contribution in [0, 0.1) is 5.92 Å². The third-order valence-electron chi connectivity index (χ3n) is 2.54. The van der Waals surface area contributed by atoms with Crippen molar-refractivity contribution in [2.75, 3.05) is 6.54 Å². The number of nitrogens with one attached hydrogen (secondary N) is 1. The molecule has 6 heteroatoms. The van der Waals surface area contributed by atoms with Gasteiger partial charge in [0.05, 0.1) is 0 Å². The van der Waals surface area contributed by atoms with Gasteiger partial charge in [-0.2, -0.15) is 0 Å². The molecule has 0 amide bonds. The third kappa shape index (κ3) is 5.98. The molecule has 0 fully saturated rings. The molecule has 0 spiro atoms. The van der Waals surface area contributed by atoms with Crippen LogP contribution in [-0.2, 0) is 0 Å². The average molecular weight is 280 g/mol. The quantitative estimate of drug-likeness (QED) is 0.326. The number of hydrogen-bond donors (Lipinski definition) is 4. The lowest BCUT2D eigenvalue weighted by Crippen LogP contribution is -2.29. The fraction of sp³-hybridized carbons (Fsp3) is 0.818. The molecule has 0 heterocycles. The largest absolute Gasteiger partial charge is 0.372 e. The fourth-order valence-electron chi connectivity index (χ4n) is 1.33. The Morgan fingerprint density at radius 2 is 1.88 bits per heavy atom. The first-order valence-electron chi connectivity index (χ1n) is 6.09. The second-order valence-electron chi connectivity index (χ2n) is 4.47. The summed E-state index contributed by atoms with van der Waals surface area (Å²) in [4.78, 5) is 19.9. The molecule has 0 aromatic carbocycles. The zero-order valence-electron chi connectivity index (χ0n) is 10.9. The molecule has 4 nitrogen and oxygen atoms in total. The van der Waals surface area contributed by atoms with Crippen LogP contribution in [0.15, 0.2) is 0 Å². The number of hydrogen-bond acceptors (Lipinski definition) is 3. The van der Waals surface area contributed by atoms with E-state index in [0.29, 0.717) is 6.54 Å². The van der Waals surface area contributed by atoms with Gasteiger partial charge < -0.3 is 20.8 Å². The number of nitrogens with two attached hydrogens (primary N) is 1. The van der Waals surface area contributed by atoms with Crippen LogP contribution in [-0.4, -0.2) is 26.5 Å². The van der Waals surface area contributed by atoms with E-state index in [1.165, 1.54) is 12.8 Å². The summed E-state index contributed by atoms with van der Waals surface area (Å²) in [5.74, 6) is -0.0850. The molecular formula is C11H25N2O2PS. The SMILES string of the molecule is CCCCCCNC(=S)P(O)(O)=C(N)C(C)C. The topological polar surface area (TPSA) is 78.5 Å². The van der Waals surface area contributed by atoms with Crippen molar-refractivity contribution >= 4 is 29.7 Å². The Morgan fingerprint density at radius 3 is 2.35 bits per heavy atom. The third-order valence-corrected chi connectivity index (χ3v) is 5.41. The first-order chi connectivity index (χ1) is 7.84. The van der Waals surface area contributed by atoms with Gasteiger partial charge in [0.1, 0.15) is 0 Å². The lowest BCUT2D eigenvalue weighted by molar-refractivity contribution is 0.490. The maximum atomic E-state index is 9.93. The highest BCUT2D eigenvalue weighted by Crippen LogP contribution is 2.40. The molecule has 0 saturated carbocycles. The Bertz CT molecular complexity index is 300. The molecule has 102 valence electrons. The summed E-state index contributed by atoms with van der Waals surface area (Å²) in [6, 6.07) is 0. The molecule has 0 radical (unpaired) electrons. The van der Waals surface area contributed by atoms with Crippen molar-refractivity contribution in [3.05, 3.63) is 0 Å². The van der Waals surface area contributed by atoms with Gasteiger partial charge in [0.25, 0.3) is 0 Å². The van der Waals surface area contributed by atoms with E-state index in [-0.39, 0.29) is 16.1 Å². The van der Waals surface area contributed by atoms with Gasteiger partial charge in [0.15, 0.2) is 12.1 Å². The summed E-state index contributed by atoms with van der Waals surface area (Å²) in [5, 5.41) is 2.90. The van der Waals surface area contributed by atoms with Crippen molar-refractivity contribution in [3.63, 3.8) is 0 Å². The molecule has 0 atom stereocenters. The highest BCUT2D eigenvalue weighted by Gasteiger charge is 2.22. The highest BCUT2D eigenvalue weighted by atomic mass is 32.1. The molecule has 17 heavy (non-hydrogen) atoms. The first-order valence-corrected chi connectivity index (χ1v) is 8.20. The van der Waals surface area contributed by atoms with Crippen LogP contribution in [0.25, 0.3) is 0 Å². The average Bonchev–Trinajstić information content (AvgIpc) is 2.27. The van der Waals surface area contributed by atoms with Gasteiger partial charge in [-0.3, -0.25) is 0 Å². The Hall–Kier alpha value is 0.0700. The Morgan fingerprint density at radius 1 is 1.29 bits per heavy atom. The Balaban J connectivity index is 4.27. The van der Waals surface area contributed by atoms with Crippen molar-refractivity contribution < 1.29 is 9.79 Å². The van der Waals surface area contributed by atoms with Crippen LogP contribution in [0.5, 0.6) is 0 Å². The van der Waals surface area contributed by atoms with Gasteiger partial charge in [-0.25, -0.2) is 0 Å². The standard InChI is InChI=1S/C11H25N2O2PS/c1-4-5-6-7-8-13-11(17)16(14,15)10(12)9(2)3/h9,14-15H,4-8,12H2,1-3H3,(H,13,17). The summed E-state index contributed by atoms with van der Waals surface area (Å²) in [7, 11) is -3.42. The highest BCUT2D eigenvalue weighted by molar-refractivity contribution is 8.01. The number of unbranched alkanes of at least 4 members (excludes halogenated alkanes) is 3. The summed E-state index contributed by atoms with van der Waals surface area (Å²) >= 11 is 5.00. The van der Waals surface area contributed by atoms with Crippen LogP contribution >= 0.6 is 19.6 Å². The molecule has 0 unspecified atom stereocenters. The maximum Gasteiger partial charge on any atom is 0.190 e. The van der Waals surface area contributed by atoms with Crippen molar-refractivity contribution in [2.24, 2.45) is 11.7 Å². The summed E-state index contributed by atoms with van der Waals surface area (Å²) in [6.07, 6.45) is 4.47. The van der Waals surface area contributed by atoms with E-state index in [9.17, 15) is 9.79 Å². The minimum Gasteiger partial charge on any atom is -0.372 e. The summed E-state index contributed by atoms with van der Waals surface area (Å²) < 4.78 is 0.0974.